The van der Waals surface area contributed by atoms with Crippen LogP contribution in [-0.2, 0) is 15.0 Å². The van der Waals surface area contributed by atoms with Crippen molar-refractivity contribution in [2.24, 2.45) is 5.92 Å². The predicted molar refractivity (Wildman–Crippen MR) is 107 cm³/mol. The largest absolute Gasteiger partial charge is 0.378 e. The molecule has 0 atom stereocenters. The molecule has 1 saturated carbocycles. The minimum Gasteiger partial charge on any atom is -0.378 e. The first-order valence-corrected chi connectivity index (χ1v) is 11.9. The van der Waals surface area contributed by atoms with Gasteiger partial charge in [-0.1, -0.05) is 32.6 Å². The molecule has 156 valence electrons. The fraction of sp³-hybridized carbons (Fsp3) is 1.00. The summed E-state index contributed by atoms with van der Waals surface area (Å²) in [6.07, 6.45) is 13.0. The molecule has 0 heterocycles. The van der Waals surface area contributed by atoms with Crippen LogP contribution < -0.4 is 4.72 Å². The molecule has 26 heavy (non-hydrogen) atoms. The maximum atomic E-state index is 10.7. The topological polar surface area (TPSA) is 78.9 Å². The molecule has 0 spiro atoms. The minimum atomic E-state index is -4.06. The van der Waals surface area contributed by atoms with Gasteiger partial charge in [0.25, 0.3) is 0 Å². The van der Waals surface area contributed by atoms with E-state index in [0.717, 1.165) is 38.7 Å². The van der Waals surface area contributed by atoms with E-state index >= 15 is 0 Å². The van der Waals surface area contributed by atoms with Crippen molar-refractivity contribution in [1.82, 2.24) is 9.62 Å². The van der Waals surface area contributed by atoms with Gasteiger partial charge in [0.05, 0.1) is 6.10 Å². The third kappa shape index (κ3) is 13.0. The van der Waals surface area contributed by atoms with E-state index in [2.05, 4.69) is 23.6 Å². The molecule has 6 nitrogen and oxygen atoms in total. The Morgan fingerprint density at radius 3 is 2.23 bits per heavy atom. The molecule has 0 unspecified atom stereocenters. The van der Waals surface area contributed by atoms with Crippen molar-refractivity contribution in [2.45, 2.75) is 83.7 Å². The molecule has 1 aliphatic rings. The minimum absolute atomic E-state index is 0.311. The first-order chi connectivity index (χ1) is 12.4. The van der Waals surface area contributed by atoms with E-state index in [9.17, 15) is 8.42 Å². The van der Waals surface area contributed by atoms with Gasteiger partial charge < -0.3 is 9.64 Å². The number of hydrogen-bond donors (Lipinski definition) is 2. The van der Waals surface area contributed by atoms with Crippen LogP contribution in [0.5, 0.6) is 0 Å². The quantitative estimate of drug-likeness (QED) is 0.329. The van der Waals surface area contributed by atoms with Gasteiger partial charge in [-0.05, 0) is 71.0 Å². The predicted octanol–water partition coefficient (Wildman–Crippen LogP) is 3.64. The maximum absolute atomic E-state index is 10.7. The van der Waals surface area contributed by atoms with Crippen molar-refractivity contribution >= 4 is 10.3 Å². The Kier molecular flexibility index (Phi) is 12.7. The fourth-order valence-electron chi connectivity index (χ4n) is 3.56. The van der Waals surface area contributed by atoms with Crippen LogP contribution in [0.15, 0.2) is 0 Å². The van der Waals surface area contributed by atoms with Gasteiger partial charge in [-0.25, -0.2) is 0 Å². The van der Waals surface area contributed by atoms with E-state index in [1.807, 2.05) is 0 Å². The number of nitrogens with zero attached hydrogens (tertiary/aromatic N) is 1. The van der Waals surface area contributed by atoms with Crippen molar-refractivity contribution < 1.29 is 17.7 Å². The third-order valence-corrected chi connectivity index (χ3v) is 5.81. The van der Waals surface area contributed by atoms with Crippen molar-refractivity contribution in [1.29, 1.82) is 0 Å². The number of hydrogen-bond acceptors (Lipinski definition) is 4. The summed E-state index contributed by atoms with van der Waals surface area (Å²) in [6.45, 7) is 5.84. The molecular formula is C19H40N2O4S. The van der Waals surface area contributed by atoms with E-state index in [4.69, 9.17) is 9.29 Å². The van der Waals surface area contributed by atoms with Crippen molar-refractivity contribution in [3.05, 3.63) is 0 Å². The van der Waals surface area contributed by atoms with Crippen LogP contribution in [0, 0.1) is 5.92 Å². The molecule has 0 aromatic carbocycles. The van der Waals surface area contributed by atoms with Crippen molar-refractivity contribution in [3.8, 4) is 0 Å². The van der Waals surface area contributed by atoms with E-state index in [1.54, 1.807) is 0 Å². The smallest absolute Gasteiger partial charge is 0.333 e. The van der Waals surface area contributed by atoms with Crippen LogP contribution in [0.4, 0.5) is 0 Å². The highest BCUT2D eigenvalue weighted by molar-refractivity contribution is 7.83. The van der Waals surface area contributed by atoms with Gasteiger partial charge >= 0.3 is 10.3 Å². The zero-order valence-electron chi connectivity index (χ0n) is 16.8. The molecule has 0 aliphatic heterocycles. The molecule has 7 heteroatoms. The Hall–Kier alpha value is -0.210. The van der Waals surface area contributed by atoms with Gasteiger partial charge in [0, 0.05) is 13.2 Å². The molecule has 1 aliphatic carbocycles. The van der Waals surface area contributed by atoms with Crippen LogP contribution in [0.2, 0.25) is 0 Å². The molecule has 0 saturated heterocycles. The molecule has 0 amide bonds. The van der Waals surface area contributed by atoms with Gasteiger partial charge in [-0.15, -0.1) is 0 Å². The average Bonchev–Trinajstić information content (AvgIpc) is 2.60. The summed E-state index contributed by atoms with van der Waals surface area (Å²) in [6, 6.07) is 0. The first kappa shape index (κ1) is 23.8. The highest BCUT2D eigenvalue weighted by Gasteiger charge is 2.22. The summed E-state index contributed by atoms with van der Waals surface area (Å²) in [5.41, 5.74) is 0. The summed E-state index contributed by atoms with van der Waals surface area (Å²) in [4.78, 5) is 2.45. The normalized spacial score (nSPS) is 21.4. The molecule has 1 rings (SSSR count). The number of unbranched alkanes of at least 4 members (excludes halogenated alkanes) is 5. The molecule has 2 N–H and O–H groups in total. The third-order valence-electron chi connectivity index (χ3n) is 5.28. The van der Waals surface area contributed by atoms with Gasteiger partial charge in [0.15, 0.2) is 0 Å². The van der Waals surface area contributed by atoms with Crippen molar-refractivity contribution in [2.75, 3.05) is 33.3 Å². The lowest BCUT2D eigenvalue weighted by Crippen LogP contribution is -2.32. The van der Waals surface area contributed by atoms with E-state index in [-0.39, 0.29) is 0 Å². The summed E-state index contributed by atoms with van der Waals surface area (Å²) in [5.74, 6) is 0.311. The molecule has 0 aromatic heterocycles. The second kappa shape index (κ2) is 13.9. The monoisotopic (exact) mass is 392 g/mol. The molecule has 0 aromatic rings. The standard InChI is InChI=1S/C19H40N2O4S/c1-3-4-7-14-21(2)15-8-5-6-9-16-25-19-12-10-18(11-13-19)17-20-26(22,23)24/h18-20H,3-17H2,1-2H3,(H,22,23,24). The lowest BCUT2D eigenvalue weighted by atomic mass is 9.87. The Morgan fingerprint density at radius 2 is 1.62 bits per heavy atom. The average molecular weight is 393 g/mol. The second-order valence-corrected chi connectivity index (χ2v) is 9.00. The molecule has 0 radical (unpaired) electrons. The zero-order valence-corrected chi connectivity index (χ0v) is 17.6. The first-order valence-electron chi connectivity index (χ1n) is 10.4. The Labute approximate surface area is 160 Å². The van der Waals surface area contributed by atoms with Gasteiger partial charge in [0.1, 0.15) is 0 Å². The van der Waals surface area contributed by atoms with E-state index in [0.29, 0.717) is 18.6 Å². The Morgan fingerprint density at radius 1 is 1.00 bits per heavy atom. The SMILES string of the molecule is CCCCCN(C)CCCCCCOC1CCC(CNS(=O)(=O)O)CC1. The molecular weight excluding hydrogens is 352 g/mol. The van der Waals surface area contributed by atoms with Gasteiger partial charge in [0.2, 0.25) is 0 Å². The summed E-state index contributed by atoms with van der Waals surface area (Å²) in [5, 5.41) is 0. The lowest BCUT2D eigenvalue weighted by Gasteiger charge is -2.28. The number of ether oxygens (including phenoxy) is 1. The van der Waals surface area contributed by atoms with Crippen molar-refractivity contribution in [3.63, 3.8) is 0 Å². The number of nitrogens with one attached hydrogen (secondary N) is 1. The van der Waals surface area contributed by atoms with Gasteiger partial charge in [-0.2, -0.15) is 13.1 Å². The van der Waals surface area contributed by atoms with Crippen LogP contribution in [0.1, 0.15) is 77.6 Å². The van der Waals surface area contributed by atoms with Crippen LogP contribution in [0.25, 0.3) is 0 Å². The van der Waals surface area contributed by atoms with E-state index < -0.39 is 10.3 Å². The summed E-state index contributed by atoms with van der Waals surface area (Å²) >= 11 is 0. The van der Waals surface area contributed by atoms with Crippen LogP contribution >= 0.6 is 0 Å². The summed E-state index contributed by atoms with van der Waals surface area (Å²) < 4.78 is 38.3. The highest BCUT2D eigenvalue weighted by atomic mass is 32.2. The molecule has 0 bridgehead atoms. The lowest BCUT2D eigenvalue weighted by molar-refractivity contribution is 0.0166. The Bertz CT molecular complexity index is 437. The van der Waals surface area contributed by atoms with Crippen LogP contribution in [-0.4, -0.2) is 57.3 Å². The van der Waals surface area contributed by atoms with E-state index in [1.165, 1.54) is 51.6 Å². The maximum Gasteiger partial charge on any atom is 0.333 e. The molecule has 1 fully saturated rings. The fourth-order valence-corrected chi connectivity index (χ4v) is 4.00. The Balaban J connectivity index is 1.92. The van der Waals surface area contributed by atoms with Gasteiger partial charge in [-0.3, -0.25) is 4.55 Å². The second-order valence-electron chi connectivity index (χ2n) is 7.76. The summed E-state index contributed by atoms with van der Waals surface area (Å²) in [7, 11) is -1.84. The zero-order chi connectivity index (χ0) is 19.3. The number of rotatable bonds is 15. The van der Waals surface area contributed by atoms with Crippen LogP contribution in [0.3, 0.4) is 0 Å². The highest BCUT2D eigenvalue weighted by Crippen LogP contribution is 2.26.